The van der Waals surface area contributed by atoms with Gasteiger partial charge >= 0.3 is 0 Å². The van der Waals surface area contributed by atoms with Crippen LogP contribution in [0.3, 0.4) is 0 Å². The van der Waals surface area contributed by atoms with Crippen molar-refractivity contribution in [3.8, 4) is 24.3 Å². The molecule has 5 heterocycles. The number of nitrogens with zero attached hydrogens (tertiary/aromatic N) is 7. The molecule has 6 rings (SSSR count). The lowest BCUT2D eigenvalue weighted by molar-refractivity contribution is 0.129. The fourth-order valence-electron chi connectivity index (χ4n) is 10.1. The van der Waals surface area contributed by atoms with E-state index in [-0.39, 0.29) is 18.4 Å². The zero-order chi connectivity index (χ0) is 36.0. The summed E-state index contributed by atoms with van der Waals surface area (Å²) in [5.41, 5.74) is 9.03. The third kappa shape index (κ3) is 4.54. The zero-order valence-corrected chi connectivity index (χ0v) is 30.7. The first-order valence-electron chi connectivity index (χ1n) is 18.7. The minimum atomic E-state index is -1.99. The second kappa shape index (κ2) is 13.2. The molecule has 1 N–H and O–H groups in total. The Morgan fingerprint density at radius 2 is 1.46 bits per heavy atom. The van der Waals surface area contributed by atoms with E-state index in [0.717, 1.165) is 73.4 Å². The van der Waals surface area contributed by atoms with E-state index in [1.807, 2.05) is 19.1 Å². The van der Waals surface area contributed by atoms with Crippen LogP contribution in [0.2, 0.25) is 0 Å². The molecule has 0 saturated heterocycles. The van der Waals surface area contributed by atoms with Crippen LogP contribution in [0, 0.1) is 67.5 Å². The van der Waals surface area contributed by atoms with Gasteiger partial charge in [-0.3, -0.25) is 15.0 Å². The van der Waals surface area contributed by atoms with Gasteiger partial charge in [-0.25, -0.2) is 0 Å². The summed E-state index contributed by atoms with van der Waals surface area (Å²) in [4.78, 5) is 20.1. The van der Waals surface area contributed by atoms with Crippen LogP contribution in [0.4, 0.5) is 0 Å². The lowest BCUT2D eigenvalue weighted by atomic mass is 9.45. The van der Waals surface area contributed by atoms with E-state index in [4.69, 9.17) is 15.0 Å². The van der Waals surface area contributed by atoms with Crippen molar-refractivity contribution in [2.75, 3.05) is 0 Å². The summed E-state index contributed by atoms with van der Waals surface area (Å²) in [6.07, 6.45) is 11.5. The molecule has 3 atom stereocenters. The van der Waals surface area contributed by atoms with E-state index in [2.05, 4.69) is 70.8 Å². The Balaban J connectivity index is 1.69. The molecular formula is C42H48N8. The highest BCUT2D eigenvalue weighted by molar-refractivity contribution is 6.21. The monoisotopic (exact) mass is 664 g/mol. The number of hydrogen-bond acceptors (Lipinski definition) is 7. The van der Waals surface area contributed by atoms with Crippen molar-refractivity contribution in [2.24, 2.45) is 37.1 Å². The average molecular weight is 665 g/mol. The molecule has 256 valence electrons. The minimum absolute atomic E-state index is 0.0157. The van der Waals surface area contributed by atoms with Crippen LogP contribution in [-0.4, -0.2) is 28.2 Å². The quantitative estimate of drug-likeness (QED) is 0.310. The van der Waals surface area contributed by atoms with Gasteiger partial charge in [-0.1, -0.05) is 54.5 Å². The molecule has 8 nitrogen and oxygen atoms in total. The number of aliphatic imine (C=N–C) groups is 3. The second-order valence-corrected chi connectivity index (χ2v) is 14.2. The SMILES string of the molecule is CCC1=C(CC)C2Cc3[nH]c(c(CC)c3CC)CC3=NC(=C(CC)C3CC)C=C3N=C(CC1=N2)C1=CCC(C#N)(C#N)C(C#N)(C#N)C31CC. The Kier molecular flexibility index (Phi) is 9.22. The number of hydrogen-bond donors (Lipinski definition) is 1. The number of allylic oxidation sites excluding steroid dienone is 5. The van der Waals surface area contributed by atoms with Crippen LogP contribution in [0.25, 0.3) is 0 Å². The van der Waals surface area contributed by atoms with E-state index in [1.54, 1.807) is 0 Å². The Bertz CT molecular complexity index is 2000. The maximum absolute atomic E-state index is 11.0. The number of fused-ring (bicyclic) bond motifs is 8. The van der Waals surface area contributed by atoms with Crippen LogP contribution in [0.15, 0.2) is 60.8 Å². The third-order valence-electron chi connectivity index (χ3n) is 12.5. The topological polar surface area (TPSA) is 148 Å². The Morgan fingerprint density at radius 3 is 2.02 bits per heavy atom. The molecule has 0 spiro atoms. The molecule has 1 aliphatic carbocycles. The predicted molar refractivity (Wildman–Crippen MR) is 197 cm³/mol. The highest BCUT2D eigenvalue weighted by Gasteiger charge is 2.72. The molecule has 1 aromatic rings. The zero-order valence-electron chi connectivity index (χ0n) is 30.7. The fourth-order valence-corrected chi connectivity index (χ4v) is 10.1. The molecule has 0 amide bonds. The molecule has 3 unspecified atom stereocenters. The number of H-pyrrole nitrogens is 1. The number of rotatable bonds is 7. The van der Waals surface area contributed by atoms with Crippen molar-refractivity contribution in [2.45, 2.75) is 125 Å². The first-order valence-corrected chi connectivity index (χ1v) is 18.7. The summed E-state index contributed by atoms with van der Waals surface area (Å²) >= 11 is 0. The molecule has 0 radical (unpaired) electrons. The van der Waals surface area contributed by atoms with E-state index in [9.17, 15) is 21.0 Å². The van der Waals surface area contributed by atoms with Gasteiger partial charge in [0.25, 0.3) is 0 Å². The van der Waals surface area contributed by atoms with Gasteiger partial charge in [0.05, 0.1) is 52.8 Å². The van der Waals surface area contributed by atoms with Gasteiger partial charge in [0.1, 0.15) is 0 Å². The van der Waals surface area contributed by atoms with Crippen molar-refractivity contribution in [3.63, 3.8) is 0 Å². The molecule has 0 saturated carbocycles. The summed E-state index contributed by atoms with van der Waals surface area (Å²) < 4.78 is 0. The van der Waals surface area contributed by atoms with Gasteiger partial charge in [-0.15, -0.1) is 0 Å². The van der Waals surface area contributed by atoms with Gasteiger partial charge in [-0.2, -0.15) is 21.0 Å². The van der Waals surface area contributed by atoms with Gasteiger partial charge in [0, 0.05) is 54.4 Å². The summed E-state index contributed by atoms with van der Waals surface area (Å²) in [6.45, 7) is 15.2. The van der Waals surface area contributed by atoms with Crippen LogP contribution >= 0.6 is 0 Å². The summed E-state index contributed by atoms with van der Waals surface area (Å²) in [6, 6.07) is 8.93. The number of aromatic nitrogens is 1. The maximum Gasteiger partial charge on any atom is 0.190 e. The smallest absolute Gasteiger partial charge is 0.190 e. The fraction of sp³-hybridized carbons (Fsp3) is 0.548. The van der Waals surface area contributed by atoms with Crippen molar-refractivity contribution in [1.29, 1.82) is 21.0 Å². The summed E-state index contributed by atoms with van der Waals surface area (Å²) in [5, 5.41) is 43.2. The number of nitriles is 4. The molecule has 0 fully saturated rings. The Hall–Kier alpha value is -4.79. The summed E-state index contributed by atoms with van der Waals surface area (Å²) in [5.74, 6) is 0.158. The highest BCUT2D eigenvalue weighted by atomic mass is 14.9. The van der Waals surface area contributed by atoms with E-state index in [1.165, 1.54) is 39.2 Å². The second-order valence-electron chi connectivity index (χ2n) is 14.2. The predicted octanol–water partition coefficient (Wildman–Crippen LogP) is 8.85. The van der Waals surface area contributed by atoms with E-state index < -0.39 is 16.2 Å². The normalized spacial score (nSPS) is 26.1. The first kappa shape index (κ1) is 35.1. The lowest BCUT2D eigenvalue weighted by Gasteiger charge is -2.48. The average Bonchev–Trinajstić information content (AvgIpc) is 3.85. The first-order chi connectivity index (χ1) is 24.2. The molecule has 0 aromatic carbocycles. The molecule has 5 aliphatic rings. The maximum atomic E-state index is 11.0. The molecule has 1 aromatic heterocycles. The number of aromatic amines is 1. The van der Waals surface area contributed by atoms with Crippen LogP contribution < -0.4 is 0 Å². The van der Waals surface area contributed by atoms with Gasteiger partial charge < -0.3 is 4.98 Å². The molecule has 4 aliphatic heterocycles. The van der Waals surface area contributed by atoms with Crippen LogP contribution in [-0.2, 0) is 25.7 Å². The van der Waals surface area contributed by atoms with E-state index >= 15 is 0 Å². The standard InChI is InChI=1S/C42H48N8/c1-8-25-26(9-2)33-18-35-29(12-5)30(13-6)37(49-35)20-39-42(14-7)31(15-16-40(21-43,22-44)41(42,23-45)24-46)38(50-39)19-36-28(11-4)27(10-3)34(48-36)17-32(25)47-33/h15,20,29,34,47H,8-14,16-19H2,1-7H3. The molecule has 8 heteroatoms. The Labute approximate surface area is 297 Å². The van der Waals surface area contributed by atoms with E-state index in [0.29, 0.717) is 25.0 Å². The van der Waals surface area contributed by atoms with Crippen LogP contribution in [0.5, 0.6) is 0 Å². The Morgan fingerprint density at radius 1 is 0.780 bits per heavy atom. The van der Waals surface area contributed by atoms with Crippen LogP contribution in [0.1, 0.15) is 116 Å². The largest absolute Gasteiger partial charge is 0.361 e. The van der Waals surface area contributed by atoms with Gasteiger partial charge in [-0.05, 0) is 84.4 Å². The highest BCUT2D eigenvalue weighted by Crippen LogP contribution is 2.67. The minimum Gasteiger partial charge on any atom is -0.361 e. The number of nitrogens with one attached hydrogen (secondary N) is 1. The van der Waals surface area contributed by atoms with Crippen molar-refractivity contribution in [3.05, 3.63) is 68.4 Å². The van der Waals surface area contributed by atoms with Crippen molar-refractivity contribution >= 4 is 17.1 Å². The van der Waals surface area contributed by atoms with Gasteiger partial charge in [0.2, 0.25) is 0 Å². The molecule has 8 bridgehead atoms. The van der Waals surface area contributed by atoms with Gasteiger partial charge in [0.15, 0.2) is 10.8 Å². The van der Waals surface area contributed by atoms with Crippen molar-refractivity contribution in [1.82, 2.24) is 4.98 Å². The molecule has 50 heavy (non-hydrogen) atoms. The third-order valence-corrected chi connectivity index (χ3v) is 12.5. The van der Waals surface area contributed by atoms with Crippen molar-refractivity contribution < 1.29 is 0 Å². The lowest BCUT2D eigenvalue weighted by Crippen LogP contribution is -2.54. The summed E-state index contributed by atoms with van der Waals surface area (Å²) in [7, 11) is 0. The molecular weight excluding hydrogens is 617 g/mol.